The summed E-state index contributed by atoms with van der Waals surface area (Å²) in [6.45, 7) is 6.31. The van der Waals surface area contributed by atoms with E-state index in [2.05, 4.69) is 24.2 Å². The summed E-state index contributed by atoms with van der Waals surface area (Å²) in [7, 11) is 1.94. The molecule has 1 fully saturated rings. The van der Waals surface area contributed by atoms with Gasteiger partial charge < -0.3 is 10.0 Å². The van der Waals surface area contributed by atoms with Gasteiger partial charge in [-0.25, -0.2) is 0 Å². The average Bonchev–Trinajstić information content (AvgIpc) is 3.34. The molecule has 1 aromatic heterocycles. The first-order valence-electron chi connectivity index (χ1n) is 10.3. The van der Waals surface area contributed by atoms with Crippen LogP contribution in [0.15, 0.2) is 36.5 Å². The molecule has 2 aromatic carbocycles. The molecule has 2 aliphatic rings. The SMILES string of the molecule is Cc1cc2c(cnn2C)cc1-c1cccc2c1C(=O)N([C@H](C1CC1)C(C)(C)O)C2. The third kappa shape index (κ3) is 2.87. The fourth-order valence-electron chi connectivity index (χ4n) is 5.05. The number of aliphatic hydroxyl groups is 1. The minimum atomic E-state index is -0.913. The van der Waals surface area contributed by atoms with Gasteiger partial charge >= 0.3 is 0 Å². The smallest absolute Gasteiger partial charge is 0.255 e. The molecular formula is C24H27N3O2. The third-order valence-electron chi connectivity index (χ3n) is 6.48. The number of hydrogen-bond acceptors (Lipinski definition) is 3. The van der Waals surface area contributed by atoms with Crippen molar-refractivity contribution in [2.45, 2.75) is 51.8 Å². The lowest BCUT2D eigenvalue weighted by Gasteiger charge is -2.37. The van der Waals surface area contributed by atoms with E-state index in [1.807, 2.05) is 54.9 Å². The van der Waals surface area contributed by atoms with Gasteiger partial charge in [-0.3, -0.25) is 9.48 Å². The van der Waals surface area contributed by atoms with Gasteiger partial charge in [0.15, 0.2) is 0 Å². The molecule has 5 rings (SSSR count). The largest absolute Gasteiger partial charge is 0.388 e. The number of carbonyl (C=O) groups excluding carboxylic acids is 1. The first-order chi connectivity index (χ1) is 13.8. The van der Waals surface area contributed by atoms with E-state index in [4.69, 9.17) is 0 Å². The minimum absolute atomic E-state index is 0.0420. The second-order valence-corrected chi connectivity index (χ2v) is 9.20. The molecule has 1 N–H and O–H groups in total. The lowest BCUT2D eigenvalue weighted by molar-refractivity contribution is -0.0224. The van der Waals surface area contributed by atoms with Crippen molar-refractivity contribution in [3.05, 3.63) is 53.2 Å². The highest BCUT2D eigenvalue weighted by atomic mass is 16.3. The van der Waals surface area contributed by atoms with Crippen LogP contribution in [0.1, 0.15) is 48.2 Å². The topological polar surface area (TPSA) is 58.4 Å². The van der Waals surface area contributed by atoms with Crippen molar-refractivity contribution in [1.82, 2.24) is 14.7 Å². The number of carbonyl (C=O) groups is 1. The number of aromatic nitrogens is 2. The second kappa shape index (κ2) is 6.17. The number of benzene rings is 2. The first kappa shape index (κ1) is 18.4. The molecule has 5 nitrogen and oxygen atoms in total. The maximum absolute atomic E-state index is 13.6. The predicted octanol–water partition coefficient (Wildman–Crippen LogP) is 4.05. The van der Waals surface area contributed by atoms with Crippen molar-refractivity contribution < 1.29 is 9.90 Å². The summed E-state index contributed by atoms with van der Waals surface area (Å²) < 4.78 is 1.87. The van der Waals surface area contributed by atoms with Crippen molar-refractivity contribution in [2.75, 3.05) is 0 Å². The molecule has 3 aromatic rings. The monoisotopic (exact) mass is 389 g/mol. The van der Waals surface area contributed by atoms with Crippen LogP contribution < -0.4 is 0 Å². The molecule has 0 saturated heterocycles. The van der Waals surface area contributed by atoms with Crippen LogP contribution in [0.2, 0.25) is 0 Å². The number of fused-ring (bicyclic) bond motifs is 2. The molecule has 150 valence electrons. The Bertz CT molecular complexity index is 1130. The van der Waals surface area contributed by atoms with E-state index < -0.39 is 5.60 Å². The molecule has 5 heteroatoms. The molecule has 0 spiro atoms. The number of hydrogen-bond donors (Lipinski definition) is 1. The van der Waals surface area contributed by atoms with Crippen LogP contribution in [-0.2, 0) is 13.6 Å². The molecule has 1 saturated carbocycles. The molecule has 29 heavy (non-hydrogen) atoms. The fraction of sp³-hybridized carbons (Fsp3) is 0.417. The molecule has 0 unspecified atom stereocenters. The highest BCUT2D eigenvalue weighted by molar-refractivity contribution is 6.05. The van der Waals surface area contributed by atoms with E-state index in [0.29, 0.717) is 12.5 Å². The minimum Gasteiger partial charge on any atom is -0.388 e. The summed E-state index contributed by atoms with van der Waals surface area (Å²) in [4.78, 5) is 15.5. The summed E-state index contributed by atoms with van der Waals surface area (Å²) in [5, 5.41) is 16.2. The Labute approximate surface area is 170 Å². The molecule has 0 radical (unpaired) electrons. The predicted molar refractivity (Wildman–Crippen MR) is 114 cm³/mol. The molecular weight excluding hydrogens is 362 g/mol. The number of rotatable bonds is 4. The highest BCUT2D eigenvalue weighted by Crippen LogP contribution is 2.44. The lowest BCUT2D eigenvalue weighted by Crippen LogP contribution is -2.51. The van der Waals surface area contributed by atoms with Crippen LogP contribution >= 0.6 is 0 Å². The van der Waals surface area contributed by atoms with E-state index >= 15 is 0 Å². The van der Waals surface area contributed by atoms with E-state index in [0.717, 1.165) is 51.6 Å². The Morgan fingerprint density at radius 3 is 2.66 bits per heavy atom. The van der Waals surface area contributed by atoms with Crippen molar-refractivity contribution in [1.29, 1.82) is 0 Å². The zero-order chi connectivity index (χ0) is 20.5. The molecule has 1 atom stereocenters. The molecule has 1 amide bonds. The summed E-state index contributed by atoms with van der Waals surface area (Å²) in [6.07, 6.45) is 4.03. The zero-order valence-corrected chi connectivity index (χ0v) is 17.4. The van der Waals surface area contributed by atoms with Crippen LogP contribution in [0, 0.1) is 12.8 Å². The molecule has 1 aliphatic heterocycles. The molecule has 0 bridgehead atoms. The van der Waals surface area contributed by atoms with Crippen molar-refractivity contribution >= 4 is 16.8 Å². The Morgan fingerprint density at radius 1 is 1.21 bits per heavy atom. The van der Waals surface area contributed by atoms with Crippen molar-refractivity contribution in [2.24, 2.45) is 13.0 Å². The fourth-order valence-corrected chi connectivity index (χ4v) is 5.05. The normalized spacial score (nSPS) is 17.8. The van der Waals surface area contributed by atoms with E-state index in [1.165, 1.54) is 0 Å². The van der Waals surface area contributed by atoms with Gasteiger partial charge in [0.25, 0.3) is 5.91 Å². The highest BCUT2D eigenvalue weighted by Gasteiger charge is 2.48. The van der Waals surface area contributed by atoms with Crippen molar-refractivity contribution in [3.8, 4) is 11.1 Å². The van der Waals surface area contributed by atoms with Crippen LogP contribution in [0.5, 0.6) is 0 Å². The van der Waals surface area contributed by atoms with Gasteiger partial charge in [-0.1, -0.05) is 18.2 Å². The van der Waals surface area contributed by atoms with Crippen LogP contribution in [0.3, 0.4) is 0 Å². The Morgan fingerprint density at radius 2 is 1.97 bits per heavy atom. The van der Waals surface area contributed by atoms with E-state index in [1.54, 1.807) is 0 Å². The van der Waals surface area contributed by atoms with Crippen LogP contribution in [0.25, 0.3) is 22.0 Å². The summed E-state index contributed by atoms with van der Waals surface area (Å²) >= 11 is 0. The van der Waals surface area contributed by atoms with Gasteiger partial charge in [-0.2, -0.15) is 5.10 Å². The molecule has 2 heterocycles. The standard InChI is InChI=1S/C24H27N3O2/c1-14-10-20-17(12-25-26(20)4)11-19(14)18-7-5-6-16-13-27(23(28)21(16)18)22(15-8-9-15)24(2,3)29/h5-7,10-12,15,22,29H,8-9,13H2,1-4H3/t22-/m1/s1. The zero-order valence-electron chi connectivity index (χ0n) is 17.4. The molecule has 1 aliphatic carbocycles. The Hall–Kier alpha value is -2.66. The second-order valence-electron chi connectivity index (χ2n) is 9.20. The van der Waals surface area contributed by atoms with Crippen LogP contribution in [-0.4, -0.2) is 37.3 Å². The Balaban J connectivity index is 1.62. The van der Waals surface area contributed by atoms with Crippen LogP contribution in [0.4, 0.5) is 0 Å². The van der Waals surface area contributed by atoms with Gasteiger partial charge in [-0.15, -0.1) is 0 Å². The van der Waals surface area contributed by atoms with Gasteiger partial charge in [0, 0.05) is 19.0 Å². The van der Waals surface area contributed by atoms with Crippen molar-refractivity contribution in [3.63, 3.8) is 0 Å². The summed E-state index contributed by atoms with van der Waals surface area (Å²) in [5.41, 5.74) is 5.18. The lowest BCUT2D eigenvalue weighted by atomic mass is 9.92. The first-order valence-corrected chi connectivity index (χ1v) is 10.3. The number of amides is 1. The van der Waals surface area contributed by atoms with Gasteiger partial charge in [-0.05, 0) is 73.9 Å². The maximum atomic E-state index is 13.6. The number of nitrogens with zero attached hydrogens (tertiary/aromatic N) is 3. The van der Waals surface area contributed by atoms with Gasteiger partial charge in [0.05, 0.1) is 28.9 Å². The maximum Gasteiger partial charge on any atom is 0.255 e. The number of aryl methyl sites for hydroxylation is 2. The quantitative estimate of drug-likeness (QED) is 0.732. The van der Waals surface area contributed by atoms with E-state index in [9.17, 15) is 9.90 Å². The van der Waals surface area contributed by atoms with Gasteiger partial charge in [0.2, 0.25) is 0 Å². The summed E-state index contributed by atoms with van der Waals surface area (Å²) in [5.74, 6) is 0.436. The Kier molecular flexibility index (Phi) is 3.91. The van der Waals surface area contributed by atoms with Gasteiger partial charge in [0.1, 0.15) is 0 Å². The third-order valence-corrected chi connectivity index (χ3v) is 6.48. The van der Waals surface area contributed by atoms with E-state index in [-0.39, 0.29) is 11.9 Å². The summed E-state index contributed by atoms with van der Waals surface area (Å²) in [6, 6.07) is 10.3. The average molecular weight is 389 g/mol.